The van der Waals surface area contributed by atoms with Gasteiger partial charge in [0.2, 0.25) is 5.91 Å². The summed E-state index contributed by atoms with van der Waals surface area (Å²) >= 11 is 0. The van der Waals surface area contributed by atoms with Crippen molar-refractivity contribution in [2.45, 2.75) is 44.7 Å². The lowest BCUT2D eigenvalue weighted by molar-refractivity contribution is -0.126. The van der Waals surface area contributed by atoms with Crippen LogP contribution in [-0.4, -0.2) is 40.3 Å². The van der Waals surface area contributed by atoms with E-state index < -0.39 is 10.8 Å². The molecule has 0 aliphatic carbocycles. The number of rotatable bonds is 2. The van der Waals surface area contributed by atoms with Crippen LogP contribution in [0.4, 0.5) is 0 Å². The first-order chi connectivity index (χ1) is 8.15. The highest BCUT2D eigenvalue weighted by Crippen LogP contribution is 2.16. The summed E-state index contributed by atoms with van der Waals surface area (Å²) in [5.74, 6) is 1.79. The van der Waals surface area contributed by atoms with Gasteiger partial charge in [-0.2, -0.15) is 0 Å². The number of piperidine rings is 1. The minimum atomic E-state index is -0.649. The fraction of sp³-hybridized carbons (Fsp3) is 0.917. The molecule has 4 nitrogen and oxygen atoms in total. The second-order valence-electron chi connectivity index (χ2n) is 5.21. The van der Waals surface area contributed by atoms with Crippen LogP contribution in [0.2, 0.25) is 0 Å². The van der Waals surface area contributed by atoms with Gasteiger partial charge in [0.05, 0.1) is 5.92 Å². The zero-order valence-electron chi connectivity index (χ0n) is 10.4. The number of carbonyl (C=O) groups excluding carboxylic acids is 1. The molecule has 2 aliphatic rings. The molecule has 2 aliphatic heterocycles. The molecule has 2 unspecified atom stereocenters. The van der Waals surface area contributed by atoms with E-state index >= 15 is 0 Å². The van der Waals surface area contributed by atoms with Crippen molar-refractivity contribution in [2.75, 3.05) is 18.1 Å². The molecule has 0 aromatic rings. The van der Waals surface area contributed by atoms with Gasteiger partial charge in [-0.15, -0.1) is 0 Å². The lowest BCUT2D eigenvalue weighted by Crippen LogP contribution is -2.48. The van der Waals surface area contributed by atoms with Gasteiger partial charge < -0.3 is 10.6 Å². The van der Waals surface area contributed by atoms with Gasteiger partial charge in [0.1, 0.15) is 0 Å². The predicted molar refractivity (Wildman–Crippen MR) is 69.2 cm³/mol. The van der Waals surface area contributed by atoms with Gasteiger partial charge >= 0.3 is 0 Å². The third-order valence-electron chi connectivity index (χ3n) is 3.77. The topological polar surface area (TPSA) is 58.2 Å². The van der Waals surface area contributed by atoms with Gasteiger partial charge in [-0.05, 0) is 32.6 Å². The van der Waals surface area contributed by atoms with Crippen molar-refractivity contribution < 1.29 is 9.00 Å². The Morgan fingerprint density at radius 2 is 1.94 bits per heavy atom. The molecule has 2 fully saturated rings. The van der Waals surface area contributed by atoms with Gasteiger partial charge in [0.25, 0.3) is 0 Å². The standard InChI is InChI=1S/C12H22N2O2S/c1-9-2-3-10(8-13-9)12(15)14-11-4-6-17(16)7-5-11/h9-11,13H,2-8H2,1H3,(H,14,15). The normalized spacial score (nSPS) is 38.6. The van der Waals surface area contributed by atoms with E-state index in [2.05, 4.69) is 17.6 Å². The Labute approximate surface area is 105 Å². The highest BCUT2D eigenvalue weighted by Gasteiger charge is 2.26. The first-order valence-electron chi connectivity index (χ1n) is 6.54. The Hall–Kier alpha value is -0.420. The van der Waals surface area contributed by atoms with Crippen molar-refractivity contribution in [3.05, 3.63) is 0 Å². The van der Waals surface area contributed by atoms with E-state index in [-0.39, 0.29) is 17.9 Å². The van der Waals surface area contributed by atoms with E-state index in [9.17, 15) is 9.00 Å². The molecule has 1 amide bonds. The summed E-state index contributed by atoms with van der Waals surface area (Å²) in [6.07, 6.45) is 3.80. The Balaban J connectivity index is 1.75. The van der Waals surface area contributed by atoms with Crippen molar-refractivity contribution in [3.63, 3.8) is 0 Å². The van der Waals surface area contributed by atoms with Crippen LogP contribution in [0, 0.1) is 5.92 Å². The zero-order chi connectivity index (χ0) is 12.3. The highest BCUT2D eigenvalue weighted by molar-refractivity contribution is 7.85. The summed E-state index contributed by atoms with van der Waals surface area (Å²) in [6.45, 7) is 2.95. The maximum atomic E-state index is 12.0. The third kappa shape index (κ3) is 3.78. The minimum absolute atomic E-state index is 0.124. The van der Waals surface area contributed by atoms with Crippen molar-refractivity contribution in [3.8, 4) is 0 Å². The van der Waals surface area contributed by atoms with E-state index in [0.717, 1.165) is 43.7 Å². The first kappa shape index (κ1) is 13.0. The molecule has 0 aromatic heterocycles. The molecule has 0 saturated carbocycles. The number of hydrogen-bond acceptors (Lipinski definition) is 3. The maximum absolute atomic E-state index is 12.0. The molecule has 0 bridgehead atoms. The Morgan fingerprint density at radius 1 is 1.24 bits per heavy atom. The fourth-order valence-corrected chi connectivity index (χ4v) is 3.78. The van der Waals surface area contributed by atoms with Crippen molar-refractivity contribution >= 4 is 16.7 Å². The summed E-state index contributed by atoms with van der Waals surface area (Å²) in [4.78, 5) is 12.0. The van der Waals surface area contributed by atoms with Crippen molar-refractivity contribution in [1.29, 1.82) is 0 Å². The van der Waals surface area contributed by atoms with Crippen LogP contribution in [0.25, 0.3) is 0 Å². The second-order valence-corrected chi connectivity index (χ2v) is 6.91. The highest BCUT2D eigenvalue weighted by atomic mass is 32.2. The molecule has 2 N–H and O–H groups in total. The minimum Gasteiger partial charge on any atom is -0.353 e. The second kappa shape index (κ2) is 5.96. The molecule has 98 valence electrons. The van der Waals surface area contributed by atoms with Crippen LogP contribution in [0.15, 0.2) is 0 Å². The molecule has 17 heavy (non-hydrogen) atoms. The van der Waals surface area contributed by atoms with Crippen LogP contribution in [0.1, 0.15) is 32.6 Å². The van der Waals surface area contributed by atoms with Crippen LogP contribution in [0.5, 0.6) is 0 Å². The van der Waals surface area contributed by atoms with E-state index in [1.807, 2.05) is 0 Å². The van der Waals surface area contributed by atoms with Gasteiger partial charge in [0, 0.05) is 40.9 Å². The molecule has 2 rings (SSSR count). The van der Waals surface area contributed by atoms with Crippen LogP contribution in [-0.2, 0) is 15.6 Å². The lowest BCUT2D eigenvalue weighted by Gasteiger charge is -2.29. The molecular formula is C12H22N2O2S. The Kier molecular flexibility index (Phi) is 4.56. The third-order valence-corrected chi connectivity index (χ3v) is 5.15. The SMILES string of the molecule is CC1CCC(C(=O)NC2CCS(=O)CC2)CN1. The largest absolute Gasteiger partial charge is 0.353 e. The van der Waals surface area contributed by atoms with E-state index in [4.69, 9.17) is 0 Å². The monoisotopic (exact) mass is 258 g/mol. The fourth-order valence-electron chi connectivity index (χ4n) is 2.48. The summed E-state index contributed by atoms with van der Waals surface area (Å²) in [7, 11) is -0.649. The average molecular weight is 258 g/mol. The van der Waals surface area contributed by atoms with Crippen molar-refractivity contribution in [1.82, 2.24) is 10.6 Å². The molecular weight excluding hydrogens is 236 g/mol. The Morgan fingerprint density at radius 3 is 2.53 bits per heavy atom. The molecule has 5 heteroatoms. The molecule has 2 saturated heterocycles. The van der Waals surface area contributed by atoms with E-state index in [1.165, 1.54) is 0 Å². The van der Waals surface area contributed by atoms with E-state index in [0.29, 0.717) is 6.04 Å². The van der Waals surface area contributed by atoms with Crippen LogP contribution >= 0.6 is 0 Å². The number of amides is 1. The number of hydrogen-bond donors (Lipinski definition) is 2. The average Bonchev–Trinajstić information content (AvgIpc) is 2.33. The summed E-state index contributed by atoms with van der Waals surface area (Å²) in [5.41, 5.74) is 0. The predicted octanol–water partition coefficient (Wildman–Crippen LogP) is 0.402. The van der Waals surface area contributed by atoms with E-state index in [1.54, 1.807) is 0 Å². The lowest BCUT2D eigenvalue weighted by atomic mass is 9.94. The summed E-state index contributed by atoms with van der Waals surface area (Å²) in [5, 5.41) is 6.46. The van der Waals surface area contributed by atoms with Crippen molar-refractivity contribution in [2.24, 2.45) is 5.92 Å². The van der Waals surface area contributed by atoms with Crippen LogP contribution in [0.3, 0.4) is 0 Å². The van der Waals surface area contributed by atoms with Gasteiger partial charge in [-0.3, -0.25) is 9.00 Å². The first-order valence-corrected chi connectivity index (χ1v) is 8.02. The van der Waals surface area contributed by atoms with Gasteiger partial charge in [-0.25, -0.2) is 0 Å². The molecule has 0 radical (unpaired) electrons. The maximum Gasteiger partial charge on any atom is 0.224 e. The number of carbonyl (C=O) groups is 1. The number of nitrogens with one attached hydrogen (secondary N) is 2. The van der Waals surface area contributed by atoms with Gasteiger partial charge in [-0.1, -0.05) is 0 Å². The summed E-state index contributed by atoms with van der Waals surface area (Å²) in [6, 6.07) is 0.788. The van der Waals surface area contributed by atoms with Crippen LogP contribution < -0.4 is 10.6 Å². The smallest absolute Gasteiger partial charge is 0.224 e. The van der Waals surface area contributed by atoms with Gasteiger partial charge in [0.15, 0.2) is 0 Å². The molecule has 2 atom stereocenters. The zero-order valence-corrected chi connectivity index (χ0v) is 11.2. The molecule has 0 spiro atoms. The summed E-state index contributed by atoms with van der Waals surface area (Å²) < 4.78 is 11.2. The Bertz CT molecular complexity index is 291. The molecule has 0 aromatic carbocycles. The molecule has 2 heterocycles. The quantitative estimate of drug-likeness (QED) is 0.754.